The van der Waals surface area contributed by atoms with Crippen LogP contribution in [0.1, 0.15) is 27.7 Å². The molecule has 0 bridgehead atoms. The molecule has 3 aromatic rings. The maximum absolute atomic E-state index is 13.1. The van der Waals surface area contributed by atoms with Crippen molar-refractivity contribution in [3.63, 3.8) is 0 Å². The lowest BCUT2D eigenvalue weighted by molar-refractivity contribution is -0.191. The van der Waals surface area contributed by atoms with Gasteiger partial charge >= 0.3 is 6.15 Å². The number of rotatable bonds is 3. The molecule has 0 spiro atoms. The normalized spacial score (nSPS) is 17.2. The number of amides is 1. The van der Waals surface area contributed by atoms with Crippen molar-refractivity contribution in [2.75, 3.05) is 13.1 Å². The number of fused-ring (bicyclic) bond motifs is 2. The zero-order chi connectivity index (χ0) is 22.7. The predicted octanol–water partition coefficient (Wildman–Crippen LogP) is 1.86. The first-order valence-corrected chi connectivity index (χ1v) is 10.1. The molecular formula is C24H21N3O5. The van der Waals surface area contributed by atoms with E-state index in [0.29, 0.717) is 19.6 Å². The van der Waals surface area contributed by atoms with Gasteiger partial charge in [0.25, 0.3) is 5.91 Å². The number of carbonyl (C=O) groups excluding carboxylic acids is 3. The van der Waals surface area contributed by atoms with Crippen LogP contribution in [0, 0.1) is 0 Å². The maximum atomic E-state index is 13.1. The highest BCUT2D eigenvalue weighted by Crippen LogP contribution is 2.36. The SMILES string of the molecule is O=C1c2c(O)c(=O)ccn2CC2N1CCN2C(c1ccccc1)c1ccccc1.O=C=O. The fourth-order valence-electron chi connectivity index (χ4n) is 4.54. The summed E-state index contributed by atoms with van der Waals surface area (Å²) in [6, 6.07) is 21.9. The summed E-state index contributed by atoms with van der Waals surface area (Å²) in [5.74, 6) is -0.754. The number of pyridine rings is 1. The Morgan fingerprint density at radius 1 is 0.875 bits per heavy atom. The first kappa shape index (κ1) is 21.2. The number of aromatic nitrogens is 1. The summed E-state index contributed by atoms with van der Waals surface area (Å²) < 4.78 is 1.70. The van der Waals surface area contributed by atoms with Crippen LogP contribution in [0.25, 0.3) is 0 Å². The van der Waals surface area contributed by atoms with Gasteiger partial charge in [-0.3, -0.25) is 14.5 Å². The van der Waals surface area contributed by atoms with Crippen LogP contribution >= 0.6 is 0 Å². The molecule has 5 rings (SSSR count). The van der Waals surface area contributed by atoms with Gasteiger partial charge in [-0.05, 0) is 11.1 Å². The highest BCUT2D eigenvalue weighted by molar-refractivity contribution is 5.96. The van der Waals surface area contributed by atoms with Gasteiger partial charge in [-0.1, -0.05) is 60.7 Å². The fourth-order valence-corrected chi connectivity index (χ4v) is 4.54. The van der Waals surface area contributed by atoms with Crippen LogP contribution in [0.2, 0.25) is 0 Å². The zero-order valence-corrected chi connectivity index (χ0v) is 17.1. The van der Waals surface area contributed by atoms with Gasteiger partial charge in [0.05, 0.1) is 12.6 Å². The van der Waals surface area contributed by atoms with Crippen LogP contribution in [0.4, 0.5) is 0 Å². The van der Waals surface area contributed by atoms with Gasteiger partial charge in [-0.2, -0.15) is 9.59 Å². The summed E-state index contributed by atoms with van der Waals surface area (Å²) in [5.41, 5.74) is 1.90. The van der Waals surface area contributed by atoms with E-state index in [1.165, 1.54) is 17.2 Å². The average Bonchev–Trinajstić information content (AvgIpc) is 3.22. The van der Waals surface area contributed by atoms with Crippen LogP contribution in [0.5, 0.6) is 5.75 Å². The van der Waals surface area contributed by atoms with Gasteiger partial charge < -0.3 is 14.6 Å². The topological polar surface area (TPSA) is 99.9 Å². The Labute approximate surface area is 183 Å². The number of nitrogens with zero attached hydrogens (tertiary/aromatic N) is 3. The number of hydrogen-bond donors (Lipinski definition) is 1. The highest BCUT2D eigenvalue weighted by Gasteiger charge is 2.44. The molecule has 1 amide bonds. The van der Waals surface area contributed by atoms with Gasteiger partial charge in [0.2, 0.25) is 5.43 Å². The third-order valence-corrected chi connectivity index (χ3v) is 5.88. The Kier molecular flexibility index (Phi) is 5.98. The quantitative estimate of drug-likeness (QED) is 0.680. The second kappa shape index (κ2) is 9.01. The second-order valence-corrected chi connectivity index (χ2v) is 7.55. The van der Waals surface area contributed by atoms with Crippen molar-refractivity contribution in [1.29, 1.82) is 0 Å². The van der Waals surface area contributed by atoms with Gasteiger partial charge in [0.1, 0.15) is 6.17 Å². The first-order chi connectivity index (χ1) is 15.6. The molecule has 1 saturated heterocycles. The molecule has 1 aromatic heterocycles. The van der Waals surface area contributed by atoms with Crippen molar-refractivity contribution >= 4 is 12.1 Å². The minimum Gasteiger partial charge on any atom is -0.503 e. The minimum atomic E-state index is -0.523. The van der Waals surface area contributed by atoms with Crippen molar-refractivity contribution in [3.8, 4) is 5.75 Å². The van der Waals surface area contributed by atoms with E-state index >= 15 is 0 Å². The number of aromatic hydroxyl groups is 1. The molecule has 32 heavy (non-hydrogen) atoms. The fraction of sp³-hybridized carbons (Fsp3) is 0.208. The molecule has 2 aliphatic heterocycles. The molecule has 162 valence electrons. The van der Waals surface area contributed by atoms with E-state index < -0.39 is 11.2 Å². The van der Waals surface area contributed by atoms with Crippen LogP contribution in [0.3, 0.4) is 0 Å². The predicted molar refractivity (Wildman–Crippen MR) is 114 cm³/mol. The van der Waals surface area contributed by atoms with Crippen LogP contribution in [-0.2, 0) is 16.1 Å². The number of carbonyl (C=O) groups is 1. The minimum absolute atomic E-state index is 0.00901. The Morgan fingerprint density at radius 2 is 1.44 bits per heavy atom. The third kappa shape index (κ3) is 3.73. The molecule has 0 saturated carbocycles. The lowest BCUT2D eigenvalue weighted by Gasteiger charge is -2.39. The Morgan fingerprint density at radius 3 is 2.00 bits per heavy atom. The molecule has 8 heteroatoms. The van der Waals surface area contributed by atoms with Crippen LogP contribution in [0.15, 0.2) is 77.7 Å². The van der Waals surface area contributed by atoms with E-state index in [1.54, 1.807) is 15.7 Å². The Balaban J connectivity index is 0.000000775. The lowest BCUT2D eigenvalue weighted by atomic mass is 9.96. The van der Waals surface area contributed by atoms with Crippen LogP contribution in [-0.4, -0.2) is 50.8 Å². The lowest BCUT2D eigenvalue weighted by Crippen LogP contribution is -2.51. The molecule has 1 atom stereocenters. The molecule has 1 fully saturated rings. The maximum Gasteiger partial charge on any atom is 0.373 e. The summed E-state index contributed by atoms with van der Waals surface area (Å²) in [6.45, 7) is 1.78. The second-order valence-electron chi connectivity index (χ2n) is 7.55. The number of benzene rings is 2. The molecule has 8 nitrogen and oxygen atoms in total. The molecule has 2 aromatic carbocycles. The zero-order valence-electron chi connectivity index (χ0n) is 17.1. The molecule has 1 N–H and O–H groups in total. The Hall–Kier alpha value is -4.00. The van der Waals surface area contributed by atoms with E-state index in [1.807, 2.05) is 36.4 Å². The van der Waals surface area contributed by atoms with E-state index in [2.05, 4.69) is 29.2 Å². The molecule has 3 heterocycles. The van der Waals surface area contributed by atoms with E-state index in [-0.39, 0.29) is 30.0 Å². The number of hydrogen-bond acceptors (Lipinski definition) is 6. The summed E-state index contributed by atoms with van der Waals surface area (Å²) in [6.07, 6.45) is 1.70. The molecule has 1 unspecified atom stereocenters. The standard InChI is InChI=1S/C23H21N3O3.CO2/c27-18-11-12-24-15-19-25(13-14-26(19)23(29)21(24)22(18)28)20(16-7-3-1-4-8-16)17-9-5-2-6-10-17;2-1-3/h1-12,19-20,28H,13-15H2;. The third-order valence-electron chi connectivity index (χ3n) is 5.88. The van der Waals surface area contributed by atoms with Crippen molar-refractivity contribution in [3.05, 3.63) is 100.0 Å². The van der Waals surface area contributed by atoms with E-state index in [0.717, 1.165) is 0 Å². The van der Waals surface area contributed by atoms with Gasteiger partial charge in [0.15, 0.2) is 11.4 Å². The van der Waals surface area contributed by atoms with Gasteiger partial charge in [-0.25, -0.2) is 0 Å². The molecule has 0 aliphatic carbocycles. The monoisotopic (exact) mass is 431 g/mol. The van der Waals surface area contributed by atoms with Gasteiger partial charge in [-0.15, -0.1) is 0 Å². The van der Waals surface area contributed by atoms with Crippen molar-refractivity contribution in [1.82, 2.24) is 14.4 Å². The van der Waals surface area contributed by atoms with Crippen molar-refractivity contribution in [2.24, 2.45) is 0 Å². The van der Waals surface area contributed by atoms with Crippen molar-refractivity contribution < 1.29 is 19.5 Å². The highest BCUT2D eigenvalue weighted by atomic mass is 16.3. The largest absolute Gasteiger partial charge is 0.503 e. The van der Waals surface area contributed by atoms with Crippen LogP contribution < -0.4 is 5.43 Å². The molecule has 2 aliphatic rings. The average molecular weight is 431 g/mol. The van der Waals surface area contributed by atoms with Crippen molar-refractivity contribution in [2.45, 2.75) is 18.8 Å². The first-order valence-electron chi connectivity index (χ1n) is 10.1. The van der Waals surface area contributed by atoms with E-state index in [9.17, 15) is 14.7 Å². The summed E-state index contributed by atoms with van der Waals surface area (Å²) in [5, 5.41) is 10.2. The van der Waals surface area contributed by atoms with E-state index in [4.69, 9.17) is 9.59 Å². The van der Waals surface area contributed by atoms with Gasteiger partial charge in [0, 0.05) is 25.4 Å². The Bertz CT molecular complexity index is 1160. The molecular weight excluding hydrogens is 410 g/mol. The molecule has 0 radical (unpaired) electrons. The smallest absolute Gasteiger partial charge is 0.373 e. The summed E-state index contributed by atoms with van der Waals surface area (Å²) in [4.78, 5) is 45.3. The summed E-state index contributed by atoms with van der Waals surface area (Å²) >= 11 is 0. The summed E-state index contributed by atoms with van der Waals surface area (Å²) in [7, 11) is 0.